The number of aryl methyl sites for hydroxylation is 2. The molecule has 1 heterocycles. The minimum Gasteiger partial charge on any atom is -0.346 e. The number of nitrogens with two attached hydrogens (primary N) is 1. The highest BCUT2D eigenvalue weighted by molar-refractivity contribution is 6.38. The van der Waals surface area contributed by atoms with E-state index in [9.17, 15) is 0 Å². The quantitative estimate of drug-likeness (QED) is 0.818. The zero-order valence-electron chi connectivity index (χ0n) is 8.64. The SMILES string of the molecule is Cc1c(CN)n(C)c2cc(Cl)cc(Cl)c12. The van der Waals surface area contributed by atoms with Crippen molar-refractivity contribution in [1.29, 1.82) is 0 Å². The third kappa shape index (κ3) is 1.53. The van der Waals surface area contributed by atoms with Crippen LogP contribution in [0.3, 0.4) is 0 Å². The Balaban J connectivity index is 2.95. The Kier molecular flexibility index (Phi) is 2.67. The van der Waals surface area contributed by atoms with E-state index in [1.54, 1.807) is 6.07 Å². The van der Waals surface area contributed by atoms with E-state index in [0.29, 0.717) is 16.6 Å². The van der Waals surface area contributed by atoms with Crippen LogP contribution in [0.4, 0.5) is 0 Å². The molecule has 0 fully saturated rings. The maximum atomic E-state index is 6.17. The van der Waals surface area contributed by atoms with Crippen LogP contribution in [-0.2, 0) is 13.6 Å². The van der Waals surface area contributed by atoms with Crippen LogP contribution in [0.15, 0.2) is 12.1 Å². The minimum atomic E-state index is 0.505. The van der Waals surface area contributed by atoms with E-state index < -0.39 is 0 Å². The second-order valence-electron chi connectivity index (χ2n) is 3.62. The molecule has 2 rings (SSSR count). The van der Waals surface area contributed by atoms with Crippen molar-refractivity contribution in [3.8, 4) is 0 Å². The van der Waals surface area contributed by atoms with Crippen LogP contribution in [0.5, 0.6) is 0 Å². The molecule has 0 bridgehead atoms. The second kappa shape index (κ2) is 3.71. The third-order valence-corrected chi connectivity index (χ3v) is 3.32. The van der Waals surface area contributed by atoms with Gasteiger partial charge in [0.05, 0.1) is 10.5 Å². The van der Waals surface area contributed by atoms with Crippen molar-refractivity contribution in [2.24, 2.45) is 12.8 Å². The molecule has 4 heteroatoms. The van der Waals surface area contributed by atoms with Gasteiger partial charge >= 0.3 is 0 Å². The predicted molar refractivity (Wildman–Crippen MR) is 65.6 cm³/mol. The average Bonchev–Trinajstić information content (AvgIpc) is 2.39. The van der Waals surface area contributed by atoms with Crippen LogP contribution < -0.4 is 5.73 Å². The van der Waals surface area contributed by atoms with Crippen molar-refractivity contribution in [3.05, 3.63) is 33.4 Å². The Hall–Kier alpha value is -0.700. The molecule has 80 valence electrons. The van der Waals surface area contributed by atoms with E-state index in [1.807, 2.05) is 24.6 Å². The highest BCUT2D eigenvalue weighted by Gasteiger charge is 2.13. The van der Waals surface area contributed by atoms with Gasteiger partial charge in [-0.1, -0.05) is 23.2 Å². The van der Waals surface area contributed by atoms with Gasteiger partial charge in [0.15, 0.2) is 0 Å². The normalized spacial score (nSPS) is 11.3. The van der Waals surface area contributed by atoms with Crippen molar-refractivity contribution in [2.45, 2.75) is 13.5 Å². The number of halogens is 2. The fourth-order valence-electron chi connectivity index (χ4n) is 2.03. The molecule has 2 nitrogen and oxygen atoms in total. The number of fused-ring (bicyclic) bond motifs is 1. The number of hydrogen-bond acceptors (Lipinski definition) is 1. The van der Waals surface area contributed by atoms with E-state index in [0.717, 1.165) is 22.2 Å². The van der Waals surface area contributed by atoms with Gasteiger partial charge in [0.2, 0.25) is 0 Å². The number of rotatable bonds is 1. The lowest BCUT2D eigenvalue weighted by molar-refractivity contribution is 0.841. The summed E-state index contributed by atoms with van der Waals surface area (Å²) in [7, 11) is 1.98. The van der Waals surface area contributed by atoms with Crippen LogP contribution in [0, 0.1) is 6.92 Å². The monoisotopic (exact) mass is 242 g/mol. The van der Waals surface area contributed by atoms with Crippen LogP contribution in [0.1, 0.15) is 11.3 Å². The van der Waals surface area contributed by atoms with Gasteiger partial charge in [0, 0.05) is 29.7 Å². The van der Waals surface area contributed by atoms with Gasteiger partial charge < -0.3 is 10.3 Å². The van der Waals surface area contributed by atoms with Crippen LogP contribution in [0.2, 0.25) is 10.0 Å². The number of benzene rings is 1. The van der Waals surface area contributed by atoms with Crippen LogP contribution in [-0.4, -0.2) is 4.57 Å². The van der Waals surface area contributed by atoms with Gasteiger partial charge in [-0.05, 0) is 24.6 Å². The van der Waals surface area contributed by atoms with E-state index in [2.05, 4.69) is 0 Å². The molecule has 2 aromatic rings. The Bertz CT molecular complexity index is 529. The molecule has 0 unspecified atom stereocenters. The zero-order chi connectivity index (χ0) is 11.2. The van der Waals surface area contributed by atoms with Gasteiger partial charge in [-0.3, -0.25) is 0 Å². The highest BCUT2D eigenvalue weighted by Crippen LogP contribution is 2.33. The van der Waals surface area contributed by atoms with Gasteiger partial charge in [0.1, 0.15) is 0 Å². The molecule has 1 aromatic heterocycles. The molecule has 0 atom stereocenters. The molecule has 0 saturated carbocycles. The van der Waals surface area contributed by atoms with Crippen LogP contribution >= 0.6 is 23.2 Å². The van der Waals surface area contributed by atoms with E-state index in [1.165, 1.54) is 0 Å². The Labute approximate surface area is 98.6 Å². The summed E-state index contributed by atoms with van der Waals surface area (Å²) in [6.07, 6.45) is 0. The van der Waals surface area contributed by atoms with Gasteiger partial charge in [-0.25, -0.2) is 0 Å². The lowest BCUT2D eigenvalue weighted by Gasteiger charge is -2.01. The van der Waals surface area contributed by atoms with Crippen molar-refractivity contribution >= 4 is 34.1 Å². The maximum Gasteiger partial charge on any atom is 0.0517 e. The summed E-state index contributed by atoms with van der Waals surface area (Å²) >= 11 is 12.1. The summed E-state index contributed by atoms with van der Waals surface area (Å²) in [5, 5.41) is 2.38. The number of hydrogen-bond donors (Lipinski definition) is 1. The molecule has 0 saturated heterocycles. The molecule has 0 aliphatic heterocycles. The van der Waals surface area contributed by atoms with Gasteiger partial charge in [-0.15, -0.1) is 0 Å². The lowest BCUT2D eigenvalue weighted by Crippen LogP contribution is -2.04. The molecule has 0 aliphatic carbocycles. The zero-order valence-corrected chi connectivity index (χ0v) is 10.2. The second-order valence-corrected chi connectivity index (χ2v) is 4.46. The smallest absolute Gasteiger partial charge is 0.0517 e. The third-order valence-electron chi connectivity index (χ3n) is 2.80. The molecule has 0 radical (unpaired) electrons. The van der Waals surface area contributed by atoms with E-state index >= 15 is 0 Å². The van der Waals surface area contributed by atoms with Crippen LogP contribution in [0.25, 0.3) is 10.9 Å². The molecule has 15 heavy (non-hydrogen) atoms. The first-order valence-electron chi connectivity index (χ1n) is 4.69. The Morgan fingerprint density at radius 3 is 2.60 bits per heavy atom. The fourth-order valence-corrected chi connectivity index (χ4v) is 2.65. The van der Waals surface area contributed by atoms with E-state index in [-0.39, 0.29) is 0 Å². The predicted octanol–water partition coefficient (Wildman–Crippen LogP) is 3.25. The molecule has 0 amide bonds. The van der Waals surface area contributed by atoms with Gasteiger partial charge in [0.25, 0.3) is 0 Å². The Morgan fingerprint density at radius 2 is 2.00 bits per heavy atom. The molecular formula is C11H12Cl2N2. The molecule has 0 aliphatic rings. The number of nitrogens with zero attached hydrogens (tertiary/aromatic N) is 1. The first kappa shape index (κ1) is 10.8. The fraction of sp³-hybridized carbons (Fsp3) is 0.273. The molecule has 2 N–H and O–H groups in total. The lowest BCUT2D eigenvalue weighted by atomic mass is 10.1. The summed E-state index contributed by atoms with van der Waals surface area (Å²) < 4.78 is 2.04. The standard InChI is InChI=1S/C11H12Cl2N2/c1-6-10(5-14)15(2)9-4-7(12)3-8(13)11(6)9/h3-4H,5,14H2,1-2H3. The van der Waals surface area contributed by atoms with Crippen molar-refractivity contribution in [2.75, 3.05) is 0 Å². The maximum absolute atomic E-state index is 6.17. The largest absolute Gasteiger partial charge is 0.346 e. The minimum absolute atomic E-state index is 0.505. The van der Waals surface area contributed by atoms with Crippen molar-refractivity contribution in [1.82, 2.24) is 4.57 Å². The average molecular weight is 243 g/mol. The molecule has 0 spiro atoms. The first-order valence-corrected chi connectivity index (χ1v) is 5.44. The Morgan fingerprint density at radius 1 is 1.33 bits per heavy atom. The van der Waals surface area contributed by atoms with Gasteiger partial charge in [-0.2, -0.15) is 0 Å². The summed E-state index contributed by atoms with van der Waals surface area (Å²) in [5.74, 6) is 0. The summed E-state index contributed by atoms with van der Waals surface area (Å²) in [6, 6.07) is 3.67. The summed E-state index contributed by atoms with van der Waals surface area (Å²) in [4.78, 5) is 0. The van der Waals surface area contributed by atoms with Crippen molar-refractivity contribution < 1.29 is 0 Å². The highest BCUT2D eigenvalue weighted by atomic mass is 35.5. The summed E-state index contributed by atoms with van der Waals surface area (Å²) in [5.41, 5.74) is 8.97. The van der Waals surface area contributed by atoms with E-state index in [4.69, 9.17) is 28.9 Å². The molecule has 1 aromatic carbocycles. The first-order chi connectivity index (χ1) is 7.06. The van der Waals surface area contributed by atoms with Crippen molar-refractivity contribution in [3.63, 3.8) is 0 Å². The number of aromatic nitrogens is 1. The topological polar surface area (TPSA) is 30.9 Å². The molecular weight excluding hydrogens is 231 g/mol. The summed E-state index contributed by atoms with van der Waals surface area (Å²) in [6.45, 7) is 2.54.